The average Bonchev–Trinajstić information content (AvgIpc) is 2.94. The number of aldehydes is 1. The van der Waals surface area contributed by atoms with E-state index in [1.807, 2.05) is 29.7 Å². The van der Waals surface area contributed by atoms with Crippen molar-refractivity contribution in [2.24, 2.45) is 0 Å². The standard InChI is InChI=1S/C13H15N3O/c1-10-4-7-16-11(9-17)13(14-12(16)8-10)15-5-2-3-6-15/h4,7-9H,2-3,5-6H2,1H3. The van der Waals surface area contributed by atoms with E-state index in [1.165, 1.54) is 12.8 Å². The van der Waals surface area contributed by atoms with Crippen LogP contribution in [0.2, 0.25) is 0 Å². The third-order valence-electron chi connectivity index (χ3n) is 3.32. The molecule has 3 heterocycles. The summed E-state index contributed by atoms with van der Waals surface area (Å²) in [5, 5.41) is 0. The van der Waals surface area contributed by atoms with Crippen LogP contribution in [0.3, 0.4) is 0 Å². The SMILES string of the molecule is Cc1ccn2c(C=O)c(N3CCCC3)nc2c1. The molecule has 0 amide bonds. The number of anilines is 1. The van der Waals surface area contributed by atoms with Gasteiger partial charge in [-0.25, -0.2) is 4.98 Å². The van der Waals surface area contributed by atoms with Gasteiger partial charge in [0.05, 0.1) is 0 Å². The largest absolute Gasteiger partial charge is 0.355 e. The smallest absolute Gasteiger partial charge is 0.170 e. The summed E-state index contributed by atoms with van der Waals surface area (Å²) in [5.74, 6) is 0.836. The van der Waals surface area contributed by atoms with Gasteiger partial charge in [0.15, 0.2) is 12.1 Å². The van der Waals surface area contributed by atoms with Crippen molar-refractivity contribution in [2.45, 2.75) is 19.8 Å². The topological polar surface area (TPSA) is 37.6 Å². The van der Waals surface area contributed by atoms with Crippen molar-refractivity contribution in [1.82, 2.24) is 9.38 Å². The molecule has 0 aliphatic carbocycles. The zero-order chi connectivity index (χ0) is 11.8. The molecule has 1 fully saturated rings. The third kappa shape index (κ3) is 1.60. The van der Waals surface area contributed by atoms with Gasteiger partial charge >= 0.3 is 0 Å². The van der Waals surface area contributed by atoms with E-state index in [9.17, 15) is 4.79 Å². The summed E-state index contributed by atoms with van der Waals surface area (Å²) in [6, 6.07) is 4.00. The molecule has 0 N–H and O–H groups in total. The van der Waals surface area contributed by atoms with Gasteiger partial charge in [0.2, 0.25) is 0 Å². The Morgan fingerprint density at radius 2 is 2.12 bits per heavy atom. The lowest BCUT2D eigenvalue weighted by molar-refractivity contribution is 0.111. The molecule has 0 unspecified atom stereocenters. The molecule has 1 aliphatic rings. The van der Waals surface area contributed by atoms with E-state index in [0.717, 1.165) is 36.4 Å². The maximum Gasteiger partial charge on any atom is 0.170 e. The fourth-order valence-corrected chi connectivity index (χ4v) is 2.42. The number of hydrogen-bond donors (Lipinski definition) is 0. The molecule has 4 heteroatoms. The van der Waals surface area contributed by atoms with Gasteiger partial charge in [0.1, 0.15) is 11.3 Å². The van der Waals surface area contributed by atoms with Crippen molar-refractivity contribution < 1.29 is 4.79 Å². The molecule has 1 saturated heterocycles. The lowest BCUT2D eigenvalue weighted by Gasteiger charge is -2.14. The molecule has 1 aliphatic heterocycles. The highest BCUT2D eigenvalue weighted by Gasteiger charge is 2.20. The van der Waals surface area contributed by atoms with E-state index in [1.54, 1.807) is 0 Å². The van der Waals surface area contributed by atoms with Crippen molar-refractivity contribution in [1.29, 1.82) is 0 Å². The highest BCUT2D eigenvalue weighted by Crippen LogP contribution is 2.24. The second-order valence-electron chi connectivity index (χ2n) is 4.56. The summed E-state index contributed by atoms with van der Waals surface area (Å²) in [7, 11) is 0. The summed E-state index contributed by atoms with van der Waals surface area (Å²) < 4.78 is 1.87. The summed E-state index contributed by atoms with van der Waals surface area (Å²) in [4.78, 5) is 18.0. The van der Waals surface area contributed by atoms with Crippen LogP contribution in [-0.2, 0) is 0 Å². The van der Waals surface area contributed by atoms with Crippen LogP contribution in [0.15, 0.2) is 18.3 Å². The first-order valence-corrected chi connectivity index (χ1v) is 5.98. The van der Waals surface area contributed by atoms with Crippen molar-refractivity contribution in [3.8, 4) is 0 Å². The van der Waals surface area contributed by atoms with Gasteiger partial charge in [-0.1, -0.05) is 0 Å². The number of aryl methyl sites for hydroxylation is 1. The van der Waals surface area contributed by atoms with Gasteiger partial charge in [-0.15, -0.1) is 0 Å². The summed E-state index contributed by atoms with van der Waals surface area (Å²) in [5.41, 5.74) is 2.68. The summed E-state index contributed by atoms with van der Waals surface area (Å²) in [6.45, 7) is 4.04. The summed E-state index contributed by atoms with van der Waals surface area (Å²) in [6.07, 6.45) is 5.19. The Labute approximate surface area is 99.9 Å². The first-order valence-electron chi connectivity index (χ1n) is 5.98. The minimum absolute atomic E-state index is 0.668. The Morgan fingerprint density at radius 1 is 1.35 bits per heavy atom. The van der Waals surface area contributed by atoms with Gasteiger partial charge in [0, 0.05) is 19.3 Å². The van der Waals surface area contributed by atoms with Gasteiger partial charge < -0.3 is 4.90 Å². The number of fused-ring (bicyclic) bond motifs is 1. The Kier molecular flexibility index (Phi) is 2.35. The second kappa shape index (κ2) is 3.87. The normalized spacial score (nSPS) is 15.7. The van der Waals surface area contributed by atoms with Gasteiger partial charge in [-0.2, -0.15) is 0 Å². The van der Waals surface area contributed by atoms with Crippen LogP contribution in [0.5, 0.6) is 0 Å². The van der Waals surface area contributed by atoms with E-state index >= 15 is 0 Å². The molecule has 2 aromatic rings. The molecule has 17 heavy (non-hydrogen) atoms. The van der Waals surface area contributed by atoms with Crippen molar-refractivity contribution >= 4 is 17.8 Å². The lowest BCUT2D eigenvalue weighted by Crippen LogP contribution is -2.19. The van der Waals surface area contributed by atoms with E-state index in [4.69, 9.17) is 0 Å². The number of pyridine rings is 1. The highest BCUT2D eigenvalue weighted by atomic mass is 16.1. The van der Waals surface area contributed by atoms with Crippen molar-refractivity contribution in [3.05, 3.63) is 29.6 Å². The van der Waals surface area contributed by atoms with Crippen LogP contribution in [0, 0.1) is 6.92 Å². The number of aromatic nitrogens is 2. The van der Waals surface area contributed by atoms with E-state index < -0.39 is 0 Å². The predicted molar refractivity (Wildman–Crippen MR) is 66.8 cm³/mol. The van der Waals surface area contributed by atoms with Crippen LogP contribution < -0.4 is 4.90 Å². The monoisotopic (exact) mass is 229 g/mol. The van der Waals surface area contributed by atoms with E-state index in [-0.39, 0.29) is 0 Å². The number of carbonyl (C=O) groups is 1. The first-order chi connectivity index (χ1) is 8.29. The van der Waals surface area contributed by atoms with Gasteiger partial charge in [-0.05, 0) is 37.5 Å². The molecule has 0 bridgehead atoms. The highest BCUT2D eigenvalue weighted by molar-refractivity contribution is 5.83. The zero-order valence-electron chi connectivity index (χ0n) is 9.89. The maximum atomic E-state index is 11.3. The fourth-order valence-electron chi connectivity index (χ4n) is 2.42. The number of carbonyl (C=O) groups excluding carboxylic acids is 1. The average molecular weight is 229 g/mol. The summed E-state index contributed by atoms with van der Waals surface area (Å²) >= 11 is 0. The quantitative estimate of drug-likeness (QED) is 0.740. The first kappa shape index (κ1) is 10.3. The third-order valence-corrected chi connectivity index (χ3v) is 3.32. The lowest BCUT2D eigenvalue weighted by atomic mass is 10.3. The molecule has 2 aromatic heterocycles. The van der Waals surface area contributed by atoms with Crippen LogP contribution in [-0.4, -0.2) is 28.8 Å². The number of rotatable bonds is 2. The number of nitrogens with zero attached hydrogens (tertiary/aromatic N) is 3. The second-order valence-corrected chi connectivity index (χ2v) is 4.56. The number of hydrogen-bond acceptors (Lipinski definition) is 3. The number of imidazole rings is 1. The fraction of sp³-hybridized carbons (Fsp3) is 0.385. The van der Waals surface area contributed by atoms with Gasteiger partial charge in [0.25, 0.3) is 0 Å². The molecule has 3 rings (SSSR count). The molecule has 0 atom stereocenters. The van der Waals surface area contributed by atoms with Crippen LogP contribution in [0.4, 0.5) is 5.82 Å². The van der Waals surface area contributed by atoms with Crippen molar-refractivity contribution in [3.63, 3.8) is 0 Å². The maximum absolute atomic E-state index is 11.3. The minimum Gasteiger partial charge on any atom is -0.355 e. The van der Waals surface area contributed by atoms with E-state index in [2.05, 4.69) is 9.88 Å². The Balaban J connectivity index is 2.19. The molecular weight excluding hydrogens is 214 g/mol. The molecule has 88 valence electrons. The Bertz CT molecular complexity index is 567. The Hall–Kier alpha value is -1.84. The Morgan fingerprint density at radius 3 is 2.82 bits per heavy atom. The molecule has 4 nitrogen and oxygen atoms in total. The van der Waals surface area contributed by atoms with Crippen LogP contribution in [0.25, 0.3) is 5.65 Å². The molecule has 0 aromatic carbocycles. The zero-order valence-corrected chi connectivity index (χ0v) is 9.89. The molecular formula is C13H15N3O. The predicted octanol–water partition coefficient (Wildman–Crippen LogP) is 2.06. The molecule has 0 spiro atoms. The van der Waals surface area contributed by atoms with Crippen molar-refractivity contribution in [2.75, 3.05) is 18.0 Å². The minimum atomic E-state index is 0.668. The van der Waals surface area contributed by atoms with Crippen LogP contribution >= 0.6 is 0 Å². The van der Waals surface area contributed by atoms with E-state index in [0.29, 0.717) is 5.69 Å². The van der Waals surface area contributed by atoms with Crippen LogP contribution in [0.1, 0.15) is 28.9 Å². The molecule has 0 saturated carbocycles. The molecule has 0 radical (unpaired) electrons. The van der Waals surface area contributed by atoms with Gasteiger partial charge in [-0.3, -0.25) is 9.20 Å².